The normalized spacial score (nSPS) is 10.7. The third-order valence-electron chi connectivity index (χ3n) is 3.54. The van der Waals surface area contributed by atoms with E-state index in [0.717, 1.165) is 5.08 Å². The van der Waals surface area contributed by atoms with Crippen molar-refractivity contribution in [3.63, 3.8) is 0 Å². The number of aryl methyl sites for hydroxylation is 2. The summed E-state index contributed by atoms with van der Waals surface area (Å²) in [4.78, 5) is 2.80. The van der Waals surface area contributed by atoms with E-state index in [1.54, 1.807) is 0 Å². The van der Waals surface area contributed by atoms with Crippen molar-refractivity contribution in [2.24, 2.45) is 0 Å². The Morgan fingerprint density at radius 3 is 1.53 bits per heavy atom. The quantitative estimate of drug-likeness (QED) is 0.518. The van der Waals surface area contributed by atoms with Gasteiger partial charge in [0.05, 0.1) is 0 Å². The van der Waals surface area contributed by atoms with E-state index >= 15 is 0 Å². The average molecular weight is 288 g/mol. The molecule has 2 rings (SSSR count). The van der Waals surface area contributed by atoms with Gasteiger partial charge < -0.3 is 0 Å². The third-order valence-corrected chi connectivity index (χ3v) is 5.99. The molecular formula is C17H20S2. The van der Waals surface area contributed by atoms with Gasteiger partial charge >= 0.3 is 0 Å². The van der Waals surface area contributed by atoms with Gasteiger partial charge in [-0.3, -0.25) is 0 Å². The molecule has 0 heterocycles. The molecule has 0 aromatic heterocycles. The van der Waals surface area contributed by atoms with E-state index in [1.165, 1.54) is 32.0 Å². The highest BCUT2D eigenvalue weighted by atomic mass is 32.2. The first-order chi connectivity index (χ1) is 9.09. The molecule has 0 unspecified atom stereocenters. The minimum absolute atomic E-state index is 1.06. The zero-order valence-electron chi connectivity index (χ0n) is 12.0. The predicted molar refractivity (Wildman–Crippen MR) is 88.4 cm³/mol. The molecule has 0 radical (unpaired) electrons. The highest BCUT2D eigenvalue weighted by molar-refractivity contribution is 8.16. The van der Waals surface area contributed by atoms with Crippen molar-refractivity contribution >= 4 is 23.5 Å². The van der Waals surface area contributed by atoms with Crippen molar-refractivity contribution < 1.29 is 0 Å². The molecule has 0 nitrogen and oxygen atoms in total. The summed E-state index contributed by atoms with van der Waals surface area (Å²) in [6, 6.07) is 13.1. The van der Waals surface area contributed by atoms with Crippen molar-refractivity contribution in [3.05, 3.63) is 58.7 Å². The van der Waals surface area contributed by atoms with Gasteiger partial charge in [0, 0.05) is 14.9 Å². The maximum absolute atomic E-state index is 2.22. The molecule has 0 bridgehead atoms. The van der Waals surface area contributed by atoms with Crippen molar-refractivity contribution in [3.8, 4) is 0 Å². The molecule has 0 aliphatic heterocycles. The van der Waals surface area contributed by atoms with Crippen LogP contribution in [0.2, 0.25) is 0 Å². The number of rotatable bonds is 4. The van der Waals surface area contributed by atoms with Crippen molar-refractivity contribution in [1.82, 2.24) is 0 Å². The van der Waals surface area contributed by atoms with Crippen LogP contribution in [0.5, 0.6) is 0 Å². The molecule has 2 heteroatoms. The van der Waals surface area contributed by atoms with Gasteiger partial charge in [-0.05, 0) is 62.1 Å². The highest BCUT2D eigenvalue weighted by Crippen LogP contribution is 2.32. The van der Waals surface area contributed by atoms with E-state index in [2.05, 4.69) is 64.1 Å². The molecule has 0 atom stereocenters. The van der Waals surface area contributed by atoms with Crippen LogP contribution in [0.25, 0.3) is 0 Å². The Balaban J connectivity index is 2.00. The van der Waals surface area contributed by atoms with E-state index in [4.69, 9.17) is 0 Å². The minimum atomic E-state index is 1.06. The lowest BCUT2D eigenvalue weighted by Gasteiger charge is -2.10. The second-order valence-corrected chi connectivity index (χ2v) is 7.20. The van der Waals surface area contributed by atoms with Crippen LogP contribution in [-0.2, 0) is 0 Å². The molecule has 0 amide bonds. The zero-order valence-corrected chi connectivity index (χ0v) is 13.6. The van der Waals surface area contributed by atoms with Crippen LogP contribution in [0, 0.1) is 27.7 Å². The molecule has 0 fully saturated rings. The van der Waals surface area contributed by atoms with Crippen LogP contribution in [0.4, 0.5) is 0 Å². The Kier molecular flexibility index (Phi) is 5.00. The van der Waals surface area contributed by atoms with E-state index in [-0.39, 0.29) is 0 Å². The Bertz CT molecular complexity index is 522. The first-order valence-electron chi connectivity index (χ1n) is 6.47. The van der Waals surface area contributed by atoms with Crippen molar-refractivity contribution in [1.29, 1.82) is 0 Å². The molecule has 0 aliphatic carbocycles. The summed E-state index contributed by atoms with van der Waals surface area (Å²) in [5, 5.41) is 1.06. The van der Waals surface area contributed by atoms with E-state index in [0.29, 0.717) is 0 Å². The predicted octanol–water partition coefficient (Wildman–Crippen LogP) is 5.76. The Morgan fingerprint density at radius 1 is 0.684 bits per heavy atom. The van der Waals surface area contributed by atoms with Crippen LogP contribution in [0.15, 0.2) is 46.2 Å². The standard InChI is InChI=1S/C17H20S2/c1-12-7-5-9-16(14(12)3)18-11-19-17-10-6-8-13(2)15(17)4/h5-10H,11H2,1-4H3. The molecule has 2 aromatic rings. The lowest BCUT2D eigenvalue weighted by molar-refractivity contribution is 1.23. The number of hydrogen-bond acceptors (Lipinski definition) is 2. The molecular weight excluding hydrogens is 268 g/mol. The van der Waals surface area contributed by atoms with Gasteiger partial charge in [-0.15, -0.1) is 23.5 Å². The fraction of sp³-hybridized carbons (Fsp3) is 0.294. The number of benzene rings is 2. The van der Waals surface area contributed by atoms with Crippen LogP contribution < -0.4 is 0 Å². The van der Waals surface area contributed by atoms with Crippen LogP contribution >= 0.6 is 23.5 Å². The fourth-order valence-corrected chi connectivity index (χ4v) is 4.27. The lowest BCUT2D eigenvalue weighted by atomic mass is 10.1. The summed E-state index contributed by atoms with van der Waals surface area (Å²) in [6.07, 6.45) is 0. The third kappa shape index (κ3) is 3.58. The topological polar surface area (TPSA) is 0 Å². The molecule has 0 N–H and O–H groups in total. The zero-order chi connectivity index (χ0) is 13.8. The van der Waals surface area contributed by atoms with Gasteiger partial charge in [0.25, 0.3) is 0 Å². The molecule has 0 spiro atoms. The lowest BCUT2D eigenvalue weighted by Crippen LogP contribution is -1.87. The first kappa shape index (κ1) is 14.5. The Morgan fingerprint density at radius 2 is 1.11 bits per heavy atom. The Labute approximate surface area is 125 Å². The summed E-state index contributed by atoms with van der Waals surface area (Å²) in [5.74, 6) is 0. The second kappa shape index (κ2) is 6.53. The second-order valence-electron chi connectivity index (χ2n) is 4.80. The van der Waals surface area contributed by atoms with E-state index in [1.807, 2.05) is 23.5 Å². The molecule has 0 saturated carbocycles. The Hall–Kier alpha value is -0.860. The fourth-order valence-electron chi connectivity index (χ4n) is 1.92. The maximum atomic E-state index is 2.22. The molecule has 0 saturated heterocycles. The highest BCUT2D eigenvalue weighted by Gasteiger charge is 2.04. The van der Waals surface area contributed by atoms with Crippen LogP contribution in [0.1, 0.15) is 22.3 Å². The van der Waals surface area contributed by atoms with Crippen molar-refractivity contribution in [2.45, 2.75) is 37.5 Å². The summed E-state index contributed by atoms with van der Waals surface area (Å²) in [6.45, 7) is 8.77. The van der Waals surface area contributed by atoms with Gasteiger partial charge in [-0.2, -0.15) is 0 Å². The van der Waals surface area contributed by atoms with E-state index < -0.39 is 0 Å². The van der Waals surface area contributed by atoms with Crippen molar-refractivity contribution in [2.75, 3.05) is 5.08 Å². The summed E-state index contributed by atoms with van der Waals surface area (Å²) in [5.41, 5.74) is 5.58. The summed E-state index contributed by atoms with van der Waals surface area (Å²) < 4.78 is 0. The van der Waals surface area contributed by atoms with E-state index in [9.17, 15) is 0 Å². The maximum Gasteiger partial charge on any atom is 0.0486 e. The summed E-state index contributed by atoms with van der Waals surface area (Å²) in [7, 11) is 0. The summed E-state index contributed by atoms with van der Waals surface area (Å²) >= 11 is 3.87. The number of hydrogen-bond donors (Lipinski definition) is 0. The minimum Gasteiger partial charge on any atom is -0.115 e. The van der Waals surface area contributed by atoms with Gasteiger partial charge in [-0.25, -0.2) is 0 Å². The molecule has 2 aromatic carbocycles. The molecule has 0 aliphatic rings. The first-order valence-corrected chi connectivity index (χ1v) is 8.44. The average Bonchev–Trinajstić information content (AvgIpc) is 2.39. The van der Waals surface area contributed by atoms with Crippen LogP contribution in [-0.4, -0.2) is 5.08 Å². The molecule has 19 heavy (non-hydrogen) atoms. The SMILES string of the molecule is Cc1cccc(SCSc2cccc(C)c2C)c1C. The van der Waals surface area contributed by atoms with Gasteiger partial charge in [0.2, 0.25) is 0 Å². The van der Waals surface area contributed by atoms with Gasteiger partial charge in [0.1, 0.15) is 0 Å². The smallest absolute Gasteiger partial charge is 0.0486 e. The molecule has 100 valence electrons. The van der Waals surface area contributed by atoms with Crippen LogP contribution in [0.3, 0.4) is 0 Å². The largest absolute Gasteiger partial charge is 0.115 e. The van der Waals surface area contributed by atoms with Gasteiger partial charge in [-0.1, -0.05) is 24.3 Å². The number of thioether (sulfide) groups is 2. The monoisotopic (exact) mass is 288 g/mol. The van der Waals surface area contributed by atoms with Gasteiger partial charge in [0.15, 0.2) is 0 Å².